The van der Waals surface area contributed by atoms with E-state index in [4.69, 9.17) is 4.18 Å². The van der Waals surface area contributed by atoms with Crippen molar-refractivity contribution in [2.75, 3.05) is 0 Å². The Morgan fingerprint density at radius 1 is 0.950 bits per heavy atom. The van der Waals surface area contributed by atoms with Crippen LogP contribution >= 0.6 is 0 Å². The summed E-state index contributed by atoms with van der Waals surface area (Å²) in [4.78, 5) is 0.191. The second kappa shape index (κ2) is 5.17. The Morgan fingerprint density at radius 3 is 1.95 bits per heavy atom. The van der Waals surface area contributed by atoms with Crippen molar-refractivity contribution in [3.63, 3.8) is 0 Å². The van der Waals surface area contributed by atoms with E-state index in [2.05, 4.69) is 0 Å². The first-order valence-electron chi connectivity index (χ1n) is 6.11. The molecular formula is C15H16O4S. The molecule has 0 saturated heterocycles. The summed E-state index contributed by atoms with van der Waals surface area (Å²) in [6.07, 6.45) is 0. The number of phenols is 1. The third-order valence-electron chi connectivity index (χ3n) is 2.90. The second-order valence-electron chi connectivity index (χ2n) is 4.76. The topological polar surface area (TPSA) is 63.6 Å². The van der Waals surface area contributed by atoms with Crippen molar-refractivity contribution in [3.8, 4) is 11.5 Å². The van der Waals surface area contributed by atoms with E-state index in [-0.39, 0.29) is 16.4 Å². The second-order valence-corrected chi connectivity index (χ2v) is 6.24. The van der Waals surface area contributed by atoms with Gasteiger partial charge in [-0.25, -0.2) is 0 Å². The lowest BCUT2D eigenvalue weighted by molar-refractivity contribution is 0.468. The summed E-state index contributed by atoms with van der Waals surface area (Å²) < 4.78 is 29.8. The molecule has 2 aromatic rings. The zero-order valence-corrected chi connectivity index (χ0v) is 12.4. The molecule has 2 aromatic carbocycles. The molecule has 0 aliphatic carbocycles. The molecule has 0 spiro atoms. The lowest BCUT2D eigenvalue weighted by Gasteiger charge is -2.12. The Hall–Kier alpha value is -2.01. The van der Waals surface area contributed by atoms with E-state index in [1.807, 2.05) is 6.92 Å². The van der Waals surface area contributed by atoms with E-state index in [0.717, 1.165) is 5.56 Å². The first-order chi connectivity index (χ1) is 9.29. The van der Waals surface area contributed by atoms with Gasteiger partial charge >= 0.3 is 10.1 Å². The predicted molar refractivity (Wildman–Crippen MR) is 76.6 cm³/mol. The molecule has 0 unspecified atom stereocenters. The SMILES string of the molecule is Cc1cc(C)c(S(=O)(=O)Oc2ccc(O)cc2)c(C)c1. The lowest BCUT2D eigenvalue weighted by Crippen LogP contribution is -2.13. The molecule has 0 fully saturated rings. The largest absolute Gasteiger partial charge is 0.508 e. The van der Waals surface area contributed by atoms with E-state index in [9.17, 15) is 13.5 Å². The highest BCUT2D eigenvalue weighted by atomic mass is 32.2. The highest BCUT2D eigenvalue weighted by Crippen LogP contribution is 2.26. The fourth-order valence-corrected chi connectivity index (χ4v) is 3.59. The van der Waals surface area contributed by atoms with Gasteiger partial charge in [-0.2, -0.15) is 8.42 Å². The van der Waals surface area contributed by atoms with E-state index >= 15 is 0 Å². The summed E-state index contributed by atoms with van der Waals surface area (Å²) >= 11 is 0. The van der Waals surface area contributed by atoms with Crippen molar-refractivity contribution in [2.45, 2.75) is 25.7 Å². The van der Waals surface area contributed by atoms with Gasteiger partial charge in [0.05, 0.1) is 0 Å². The molecular weight excluding hydrogens is 276 g/mol. The molecule has 0 radical (unpaired) electrons. The maximum Gasteiger partial charge on any atom is 0.339 e. The number of aromatic hydroxyl groups is 1. The number of aryl methyl sites for hydroxylation is 3. The maximum atomic E-state index is 12.4. The van der Waals surface area contributed by atoms with Gasteiger partial charge in [0.15, 0.2) is 0 Å². The molecule has 106 valence electrons. The highest BCUT2D eigenvalue weighted by Gasteiger charge is 2.22. The van der Waals surface area contributed by atoms with Crippen LogP contribution in [-0.4, -0.2) is 13.5 Å². The third kappa shape index (κ3) is 2.93. The van der Waals surface area contributed by atoms with Crippen molar-refractivity contribution >= 4 is 10.1 Å². The van der Waals surface area contributed by atoms with Crippen LogP contribution in [0.1, 0.15) is 16.7 Å². The predicted octanol–water partition coefficient (Wildman–Crippen LogP) is 3.09. The number of rotatable bonds is 3. The van der Waals surface area contributed by atoms with Crippen molar-refractivity contribution in [1.29, 1.82) is 0 Å². The van der Waals surface area contributed by atoms with Gasteiger partial charge in [-0.05, 0) is 56.2 Å². The number of phenolic OH excluding ortho intramolecular Hbond substituents is 1. The molecule has 0 bridgehead atoms. The summed E-state index contributed by atoms with van der Waals surface area (Å²) in [7, 11) is -3.89. The molecule has 4 nitrogen and oxygen atoms in total. The zero-order chi connectivity index (χ0) is 14.9. The minimum absolute atomic E-state index is 0.0532. The molecule has 5 heteroatoms. The van der Waals surface area contributed by atoms with Crippen LogP contribution in [0.25, 0.3) is 0 Å². The maximum absolute atomic E-state index is 12.4. The fraction of sp³-hybridized carbons (Fsp3) is 0.200. The molecule has 20 heavy (non-hydrogen) atoms. The molecule has 2 rings (SSSR count). The molecule has 0 aliphatic rings. The summed E-state index contributed by atoms with van der Waals surface area (Å²) in [6.45, 7) is 5.40. The molecule has 0 atom stereocenters. The molecule has 0 aromatic heterocycles. The Kier molecular flexibility index (Phi) is 3.72. The zero-order valence-electron chi connectivity index (χ0n) is 11.5. The van der Waals surface area contributed by atoms with Crippen LogP contribution in [-0.2, 0) is 10.1 Å². The van der Waals surface area contributed by atoms with Gasteiger partial charge in [0.25, 0.3) is 0 Å². The monoisotopic (exact) mass is 292 g/mol. The first-order valence-corrected chi connectivity index (χ1v) is 7.52. The standard InChI is InChI=1S/C15H16O4S/c1-10-8-11(2)15(12(3)9-10)20(17,18)19-14-6-4-13(16)5-7-14/h4-9,16H,1-3H3. The Bertz CT molecular complexity index is 708. The fourth-order valence-electron chi connectivity index (χ4n) is 2.23. The van der Waals surface area contributed by atoms with E-state index in [0.29, 0.717) is 11.1 Å². The Morgan fingerprint density at radius 2 is 1.45 bits per heavy atom. The van der Waals surface area contributed by atoms with Crippen molar-refractivity contribution in [3.05, 3.63) is 53.1 Å². The summed E-state index contributed by atoms with van der Waals surface area (Å²) in [5.41, 5.74) is 2.31. The van der Waals surface area contributed by atoms with E-state index in [1.54, 1.807) is 26.0 Å². The van der Waals surface area contributed by atoms with Gasteiger partial charge in [-0.1, -0.05) is 17.7 Å². The lowest BCUT2D eigenvalue weighted by atomic mass is 10.1. The minimum Gasteiger partial charge on any atom is -0.508 e. The van der Waals surface area contributed by atoms with Gasteiger partial charge in [-0.15, -0.1) is 0 Å². The summed E-state index contributed by atoms with van der Waals surface area (Å²) in [5.74, 6) is 0.222. The van der Waals surface area contributed by atoms with Crippen LogP contribution in [0.5, 0.6) is 11.5 Å². The van der Waals surface area contributed by atoms with Crippen molar-refractivity contribution in [2.24, 2.45) is 0 Å². The van der Waals surface area contributed by atoms with Crippen LogP contribution in [0.3, 0.4) is 0 Å². The van der Waals surface area contributed by atoms with Gasteiger partial charge in [-0.3, -0.25) is 0 Å². The van der Waals surface area contributed by atoms with Crippen LogP contribution in [0.2, 0.25) is 0 Å². The van der Waals surface area contributed by atoms with Gasteiger partial charge in [0, 0.05) is 0 Å². The van der Waals surface area contributed by atoms with Crippen molar-refractivity contribution < 1.29 is 17.7 Å². The molecule has 0 aliphatic heterocycles. The summed E-state index contributed by atoms with van der Waals surface area (Å²) in [6, 6.07) is 9.18. The third-order valence-corrected chi connectivity index (χ3v) is 4.45. The van der Waals surface area contributed by atoms with Crippen LogP contribution < -0.4 is 4.18 Å². The summed E-state index contributed by atoms with van der Waals surface area (Å²) in [5, 5.41) is 9.19. The Labute approximate surface area is 118 Å². The minimum atomic E-state index is -3.89. The average Bonchev–Trinajstić information content (AvgIpc) is 2.30. The van der Waals surface area contributed by atoms with Gasteiger partial charge < -0.3 is 9.29 Å². The van der Waals surface area contributed by atoms with Crippen LogP contribution in [0.15, 0.2) is 41.3 Å². The van der Waals surface area contributed by atoms with Gasteiger partial charge in [0.2, 0.25) is 0 Å². The van der Waals surface area contributed by atoms with Crippen molar-refractivity contribution in [1.82, 2.24) is 0 Å². The molecule has 1 N–H and O–H groups in total. The average molecular weight is 292 g/mol. The number of hydrogen-bond donors (Lipinski definition) is 1. The highest BCUT2D eigenvalue weighted by molar-refractivity contribution is 7.87. The molecule has 0 heterocycles. The van der Waals surface area contributed by atoms with Gasteiger partial charge in [0.1, 0.15) is 16.4 Å². The van der Waals surface area contributed by atoms with E-state index in [1.165, 1.54) is 24.3 Å². The smallest absolute Gasteiger partial charge is 0.339 e. The quantitative estimate of drug-likeness (QED) is 0.883. The van der Waals surface area contributed by atoms with Crippen LogP contribution in [0.4, 0.5) is 0 Å². The van der Waals surface area contributed by atoms with E-state index < -0.39 is 10.1 Å². The normalized spacial score (nSPS) is 11.3. The molecule has 0 amide bonds. The molecule has 0 saturated carbocycles. The first kappa shape index (κ1) is 14.4. The Balaban J connectivity index is 2.43. The number of hydrogen-bond acceptors (Lipinski definition) is 4. The number of benzene rings is 2. The van der Waals surface area contributed by atoms with Crippen LogP contribution in [0, 0.1) is 20.8 Å².